The van der Waals surface area contributed by atoms with Crippen molar-refractivity contribution in [2.75, 3.05) is 0 Å². The van der Waals surface area contributed by atoms with Crippen molar-refractivity contribution in [1.82, 2.24) is 4.98 Å². The number of halogens is 3. The number of aromatic nitrogens is 1. The fraction of sp³-hybridized carbons (Fsp3) is 0.125. The third-order valence-corrected chi connectivity index (χ3v) is 1.79. The molecule has 0 aliphatic rings. The van der Waals surface area contributed by atoms with Crippen molar-refractivity contribution < 1.29 is 13.6 Å². The number of carbonyl (C=O) groups is 1. The molecule has 0 saturated carbocycles. The SMILES string of the molecule is N#Cc1cc(Cl)c(C(F)F)c(C=O)n1. The van der Waals surface area contributed by atoms with Crippen molar-refractivity contribution in [3.05, 3.63) is 28.0 Å². The molecule has 0 atom stereocenters. The Morgan fingerprint density at radius 3 is 2.71 bits per heavy atom. The van der Waals surface area contributed by atoms with E-state index >= 15 is 0 Å². The van der Waals surface area contributed by atoms with Crippen LogP contribution in [0, 0.1) is 11.3 Å². The maximum atomic E-state index is 12.3. The Balaban J connectivity index is 3.44. The second kappa shape index (κ2) is 4.11. The quantitative estimate of drug-likeness (QED) is 0.713. The lowest BCUT2D eigenvalue weighted by Crippen LogP contribution is -2.00. The number of hydrogen-bond donors (Lipinski definition) is 0. The highest BCUT2D eigenvalue weighted by atomic mass is 35.5. The minimum atomic E-state index is -2.89. The Morgan fingerprint density at radius 2 is 2.29 bits per heavy atom. The van der Waals surface area contributed by atoms with E-state index in [0.717, 1.165) is 6.07 Å². The topological polar surface area (TPSA) is 53.8 Å². The van der Waals surface area contributed by atoms with Crippen molar-refractivity contribution in [1.29, 1.82) is 5.26 Å². The molecule has 0 unspecified atom stereocenters. The van der Waals surface area contributed by atoms with Crippen LogP contribution in [0.3, 0.4) is 0 Å². The zero-order chi connectivity index (χ0) is 10.7. The predicted molar refractivity (Wildman–Crippen MR) is 44.3 cm³/mol. The van der Waals surface area contributed by atoms with Crippen LogP contribution in [0.25, 0.3) is 0 Å². The van der Waals surface area contributed by atoms with Gasteiger partial charge in [-0.3, -0.25) is 4.79 Å². The summed E-state index contributed by atoms with van der Waals surface area (Å²) < 4.78 is 24.7. The Kier molecular flexibility index (Phi) is 3.10. The molecular weight excluding hydrogens is 214 g/mol. The largest absolute Gasteiger partial charge is 0.296 e. The maximum Gasteiger partial charge on any atom is 0.267 e. The first-order chi connectivity index (χ1) is 6.60. The molecule has 3 nitrogen and oxygen atoms in total. The summed E-state index contributed by atoms with van der Waals surface area (Å²) in [6, 6.07) is 2.61. The van der Waals surface area contributed by atoms with Crippen molar-refractivity contribution >= 4 is 17.9 Å². The molecule has 0 N–H and O–H groups in total. The summed E-state index contributed by atoms with van der Waals surface area (Å²) in [7, 11) is 0. The Morgan fingerprint density at radius 1 is 1.64 bits per heavy atom. The molecule has 0 amide bonds. The van der Waals surface area contributed by atoms with Gasteiger partial charge in [0.1, 0.15) is 17.5 Å². The average Bonchev–Trinajstić information content (AvgIpc) is 2.15. The van der Waals surface area contributed by atoms with E-state index in [2.05, 4.69) is 4.98 Å². The van der Waals surface area contributed by atoms with Gasteiger partial charge >= 0.3 is 0 Å². The average molecular weight is 217 g/mol. The van der Waals surface area contributed by atoms with Gasteiger partial charge in [-0.05, 0) is 6.07 Å². The lowest BCUT2D eigenvalue weighted by Gasteiger charge is -2.05. The monoisotopic (exact) mass is 216 g/mol. The van der Waals surface area contributed by atoms with E-state index < -0.39 is 17.7 Å². The van der Waals surface area contributed by atoms with Gasteiger partial charge in [0, 0.05) is 0 Å². The molecular formula is C8H3ClF2N2O. The summed E-state index contributed by atoms with van der Waals surface area (Å²) in [5, 5.41) is 8.11. The summed E-state index contributed by atoms with van der Waals surface area (Å²) in [6.45, 7) is 0. The van der Waals surface area contributed by atoms with Crippen LogP contribution in [0.15, 0.2) is 6.07 Å². The number of hydrogen-bond acceptors (Lipinski definition) is 3. The zero-order valence-electron chi connectivity index (χ0n) is 6.67. The van der Waals surface area contributed by atoms with Crippen LogP contribution in [0.4, 0.5) is 8.78 Å². The van der Waals surface area contributed by atoms with Crippen molar-refractivity contribution in [3.8, 4) is 6.07 Å². The number of nitrogens with zero attached hydrogens (tertiary/aromatic N) is 2. The minimum absolute atomic E-state index is 0.147. The Bertz CT molecular complexity index is 415. The van der Waals surface area contributed by atoms with Gasteiger partial charge in [0.15, 0.2) is 6.29 Å². The number of rotatable bonds is 2. The lowest BCUT2D eigenvalue weighted by atomic mass is 10.2. The molecule has 0 spiro atoms. The molecule has 6 heteroatoms. The van der Waals surface area contributed by atoms with E-state index in [1.54, 1.807) is 6.07 Å². The van der Waals surface area contributed by atoms with Gasteiger partial charge in [-0.15, -0.1) is 0 Å². The van der Waals surface area contributed by atoms with Crippen LogP contribution in [0.1, 0.15) is 28.2 Å². The molecule has 0 aliphatic heterocycles. The number of alkyl halides is 2. The highest BCUT2D eigenvalue weighted by Crippen LogP contribution is 2.29. The third-order valence-electron chi connectivity index (χ3n) is 1.48. The van der Waals surface area contributed by atoms with Gasteiger partial charge in [0.05, 0.1) is 10.6 Å². The lowest BCUT2D eigenvalue weighted by molar-refractivity contribution is 0.110. The standard InChI is InChI=1S/C8H3ClF2N2O/c9-5-1-4(2-12)13-6(3-14)7(5)8(10)11/h1,3,8H. The first-order valence-electron chi connectivity index (χ1n) is 3.44. The normalized spacial score (nSPS) is 9.93. The molecule has 14 heavy (non-hydrogen) atoms. The summed E-state index contributed by atoms with van der Waals surface area (Å²) in [4.78, 5) is 13.8. The molecule has 72 valence electrons. The smallest absolute Gasteiger partial charge is 0.267 e. The van der Waals surface area contributed by atoms with Gasteiger partial charge in [0.2, 0.25) is 0 Å². The number of nitriles is 1. The highest BCUT2D eigenvalue weighted by molar-refractivity contribution is 6.31. The van der Waals surface area contributed by atoms with Gasteiger partial charge < -0.3 is 0 Å². The van der Waals surface area contributed by atoms with Gasteiger partial charge in [-0.2, -0.15) is 5.26 Å². The molecule has 0 saturated heterocycles. The number of aldehydes is 1. The predicted octanol–water partition coefficient (Wildman–Crippen LogP) is 2.36. The second-order valence-electron chi connectivity index (χ2n) is 2.32. The molecule has 1 aromatic heterocycles. The fourth-order valence-electron chi connectivity index (χ4n) is 0.906. The van der Waals surface area contributed by atoms with Crippen molar-refractivity contribution in [3.63, 3.8) is 0 Å². The highest BCUT2D eigenvalue weighted by Gasteiger charge is 2.19. The van der Waals surface area contributed by atoms with Crippen molar-refractivity contribution in [2.45, 2.75) is 6.43 Å². The summed E-state index contributed by atoms with van der Waals surface area (Å²) >= 11 is 5.46. The van der Waals surface area contributed by atoms with Crippen LogP contribution < -0.4 is 0 Å². The number of pyridine rings is 1. The van der Waals surface area contributed by atoms with E-state index in [1.807, 2.05) is 0 Å². The van der Waals surface area contributed by atoms with Gasteiger partial charge in [-0.25, -0.2) is 13.8 Å². The minimum Gasteiger partial charge on any atom is -0.296 e. The van der Waals surface area contributed by atoms with Crippen LogP contribution in [0.2, 0.25) is 5.02 Å². The summed E-state index contributed by atoms with van der Waals surface area (Å²) in [5.41, 5.74) is -1.30. The van der Waals surface area contributed by atoms with E-state index in [4.69, 9.17) is 16.9 Å². The van der Waals surface area contributed by atoms with E-state index in [9.17, 15) is 13.6 Å². The number of carbonyl (C=O) groups excluding carboxylic acids is 1. The Hall–Kier alpha value is -1.54. The summed E-state index contributed by atoms with van der Waals surface area (Å²) in [6.07, 6.45) is -2.74. The zero-order valence-corrected chi connectivity index (χ0v) is 7.42. The first-order valence-corrected chi connectivity index (χ1v) is 3.81. The van der Waals surface area contributed by atoms with Gasteiger partial charge in [-0.1, -0.05) is 11.6 Å². The van der Waals surface area contributed by atoms with Crippen LogP contribution in [-0.4, -0.2) is 11.3 Å². The maximum absolute atomic E-state index is 12.3. The van der Waals surface area contributed by atoms with Gasteiger partial charge in [0.25, 0.3) is 6.43 Å². The van der Waals surface area contributed by atoms with Crippen LogP contribution >= 0.6 is 11.6 Å². The molecule has 0 radical (unpaired) electrons. The Labute approximate surface area is 82.9 Å². The molecule has 1 aromatic rings. The molecule has 0 bridgehead atoms. The summed E-state index contributed by atoms with van der Waals surface area (Å²) in [5.74, 6) is 0. The van der Waals surface area contributed by atoms with Crippen LogP contribution in [-0.2, 0) is 0 Å². The third kappa shape index (κ3) is 1.86. The molecule has 1 heterocycles. The fourth-order valence-corrected chi connectivity index (χ4v) is 1.19. The van der Waals surface area contributed by atoms with Crippen LogP contribution in [0.5, 0.6) is 0 Å². The molecule has 0 aliphatic carbocycles. The van der Waals surface area contributed by atoms with E-state index in [-0.39, 0.29) is 17.0 Å². The van der Waals surface area contributed by atoms with Crippen molar-refractivity contribution in [2.24, 2.45) is 0 Å². The van der Waals surface area contributed by atoms with E-state index in [1.165, 1.54) is 0 Å². The molecule has 0 aromatic carbocycles. The first kappa shape index (κ1) is 10.5. The molecule has 1 rings (SSSR count). The van der Waals surface area contributed by atoms with E-state index in [0.29, 0.717) is 0 Å². The second-order valence-corrected chi connectivity index (χ2v) is 2.73. The molecule has 0 fully saturated rings.